The van der Waals surface area contributed by atoms with Gasteiger partial charge in [0.25, 0.3) is 0 Å². The van der Waals surface area contributed by atoms with Crippen LogP contribution < -0.4 is 5.32 Å². The van der Waals surface area contributed by atoms with Crippen molar-refractivity contribution in [3.05, 3.63) is 35.4 Å². The minimum atomic E-state index is 0.457. The van der Waals surface area contributed by atoms with E-state index < -0.39 is 0 Å². The molecule has 2 heterocycles. The fourth-order valence-corrected chi connectivity index (χ4v) is 4.34. The van der Waals surface area contributed by atoms with E-state index in [9.17, 15) is 0 Å². The highest BCUT2D eigenvalue weighted by atomic mass is 16.5. The zero-order chi connectivity index (χ0) is 14.7. The van der Waals surface area contributed by atoms with Gasteiger partial charge in [0.2, 0.25) is 0 Å². The van der Waals surface area contributed by atoms with Gasteiger partial charge in [-0.15, -0.1) is 0 Å². The highest BCUT2D eigenvalue weighted by Crippen LogP contribution is 2.50. The van der Waals surface area contributed by atoms with E-state index in [4.69, 9.17) is 4.74 Å². The van der Waals surface area contributed by atoms with Crippen LogP contribution in [0.25, 0.3) is 0 Å². The molecule has 3 rings (SSSR count). The van der Waals surface area contributed by atoms with E-state index in [1.54, 1.807) is 0 Å². The van der Waals surface area contributed by atoms with E-state index in [0.717, 1.165) is 13.2 Å². The summed E-state index contributed by atoms with van der Waals surface area (Å²) >= 11 is 0. The monoisotopic (exact) mass is 287 g/mol. The first-order valence-corrected chi connectivity index (χ1v) is 8.62. The Morgan fingerprint density at radius 1 is 1.24 bits per heavy atom. The second-order valence-electron chi connectivity index (χ2n) is 7.02. The summed E-state index contributed by atoms with van der Waals surface area (Å²) in [5, 5.41) is 3.63. The number of rotatable bonds is 3. The summed E-state index contributed by atoms with van der Waals surface area (Å²) in [5.74, 6) is 0.648. The molecule has 2 fully saturated rings. The Kier molecular flexibility index (Phi) is 4.66. The average molecular weight is 287 g/mol. The summed E-state index contributed by atoms with van der Waals surface area (Å²) in [6.45, 7) is 7.69. The molecule has 21 heavy (non-hydrogen) atoms. The Morgan fingerprint density at radius 3 is 2.81 bits per heavy atom. The highest BCUT2D eigenvalue weighted by Gasteiger charge is 2.44. The molecule has 1 spiro atoms. The third kappa shape index (κ3) is 3.17. The molecule has 2 aliphatic heterocycles. The molecule has 0 saturated carbocycles. The largest absolute Gasteiger partial charge is 0.378 e. The number of nitrogens with one attached hydrogen (secondary N) is 1. The number of ether oxygens (including phenoxy) is 1. The Hall–Kier alpha value is -0.860. The Bertz CT molecular complexity index is 449. The predicted molar refractivity (Wildman–Crippen MR) is 87.7 cm³/mol. The molecule has 0 amide bonds. The molecule has 0 radical (unpaired) electrons. The van der Waals surface area contributed by atoms with Crippen molar-refractivity contribution in [3.8, 4) is 0 Å². The summed E-state index contributed by atoms with van der Waals surface area (Å²) in [6.07, 6.45) is 6.71. The fourth-order valence-electron chi connectivity index (χ4n) is 4.34. The molecular weight excluding hydrogens is 258 g/mol. The van der Waals surface area contributed by atoms with Crippen LogP contribution in [0.15, 0.2) is 24.3 Å². The van der Waals surface area contributed by atoms with Crippen LogP contribution in [0.4, 0.5) is 0 Å². The smallest absolute Gasteiger partial charge is 0.0580 e. The van der Waals surface area contributed by atoms with Gasteiger partial charge in [0.15, 0.2) is 0 Å². The molecule has 116 valence electrons. The second kappa shape index (κ2) is 6.50. The first kappa shape index (κ1) is 15.1. The summed E-state index contributed by atoms with van der Waals surface area (Å²) in [5.41, 5.74) is 3.33. The van der Waals surface area contributed by atoms with Crippen molar-refractivity contribution in [2.45, 2.75) is 58.0 Å². The maximum Gasteiger partial charge on any atom is 0.0580 e. The van der Waals surface area contributed by atoms with Crippen molar-refractivity contribution in [3.63, 3.8) is 0 Å². The summed E-state index contributed by atoms with van der Waals surface area (Å²) in [6, 6.07) is 9.22. The maximum atomic E-state index is 6.03. The van der Waals surface area contributed by atoms with Crippen LogP contribution in [0, 0.1) is 12.3 Å². The van der Waals surface area contributed by atoms with E-state index in [-0.39, 0.29) is 0 Å². The lowest BCUT2D eigenvalue weighted by molar-refractivity contribution is -0.0711. The summed E-state index contributed by atoms with van der Waals surface area (Å²) in [4.78, 5) is 0. The van der Waals surface area contributed by atoms with Gasteiger partial charge in [-0.1, -0.05) is 43.2 Å². The molecule has 0 bridgehead atoms. The third-order valence-electron chi connectivity index (χ3n) is 5.57. The van der Waals surface area contributed by atoms with Crippen molar-refractivity contribution in [1.29, 1.82) is 0 Å². The van der Waals surface area contributed by atoms with Crippen molar-refractivity contribution < 1.29 is 4.74 Å². The van der Waals surface area contributed by atoms with Crippen LogP contribution >= 0.6 is 0 Å². The first-order chi connectivity index (χ1) is 10.2. The standard InChI is InChI=1S/C19H29NO/c1-3-4-17-13-19(10-12-21-17)9-11-20-14-18(19)16-7-5-15(2)6-8-16/h5-8,17-18,20H,3-4,9-14H2,1-2H3. The SMILES string of the molecule is CCCC1CC2(CCNCC2c2ccc(C)cc2)CCO1. The first-order valence-electron chi connectivity index (χ1n) is 8.62. The van der Waals surface area contributed by atoms with Gasteiger partial charge in [-0.05, 0) is 50.1 Å². The Morgan fingerprint density at radius 2 is 2.05 bits per heavy atom. The number of benzene rings is 1. The average Bonchev–Trinajstić information content (AvgIpc) is 2.49. The number of hydrogen-bond acceptors (Lipinski definition) is 2. The van der Waals surface area contributed by atoms with Crippen molar-refractivity contribution in [1.82, 2.24) is 5.32 Å². The molecule has 0 aliphatic carbocycles. The molecule has 3 atom stereocenters. The molecule has 3 unspecified atom stereocenters. The molecule has 1 N–H and O–H groups in total. The van der Waals surface area contributed by atoms with Gasteiger partial charge in [0, 0.05) is 19.1 Å². The minimum absolute atomic E-state index is 0.457. The number of aryl methyl sites for hydroxylation is 1. The van der Waals surface area contributed by atoms with Crippen molar-refractivity contribution in [2.24, 2.45) is 5.41 Å². The molecule has 1 aromatic carbocycles. The maximum absolute atomic E-state index is 6.03. The zero-order valence-corrected chi connectivity index (χ0v) is 13.5. The minimum Gasteiger partial charge on any atom is -0.378 e. The third-order valence-corrected chi connectivity index (χ3v) is 5.57. The Balaban J connectivity index is 1.84. The van der Waals surface area contributed by atoms with Crippen LogP contribution in [0.5, 0.6) is 0 Å². The van der Waals surface area contributed by atoms with Gasteiger partial charge < -0.3 is 10.1 Å². The van der Waals surface area contributed by atoms with E-state index in [2.05, 4.69) is 43.4 Å². The van der Waals surface area contributed by atoms with E-state index >= 15 is 0 Å². The predicted octanol–water partition coefficient (Wildman–Crippen LogP) is 4.04. The molecule has 2 nitrogen and oxygen atoms in total. The lowest BCUT2D eigenvalue weighted by Crippen LogP contribution is -2.48. The van der Waals surface area contributed by atoms with Crippen LogP contribution in [0.2, 0.25) is 0 Å². The molecule has 0 aromatic heterocycles. The number of piperidine rings is 1. The van der Waals surface area contributed by atoms with Crippen molar-refractivity contribution >= 4 is 0 Å². The van der Waals surface area contributed by atoms with E-state index in [1.807, 2.05) is 0 Å². The lowest BCUT2D eigenvalue weighted by atomic mass is 9.62. The van der Waals surface area contributed by atoms with Gasteiger partial charge in [0.1, 0.15) is 0 Å². The number of hydrogen-bond donors (Lipinski definition) is 1. The quantitative estimate of drug-likeness (QED) is 0.906. The van der Waals surface area contributed by atoms with Crippen molar-refractivity contribution in [2.75, 3.05) is 19.7 Å². The molecule has 2 heteroatoms. The summed E-state index contributed by atoms with van der Waals surface area (Å²) < 4.78 is 6.03. The molecule has 1 aromatic rings. The molecule has 2 saturated heterocycles. The van der Waals surface area contributed by atoms with Gasteiger partial charge >= 0.3 is 0 Å². The normalized spacial score (nSPS) is 33.2. The van der Waals surface area contributed by atoms with Crippen LogP contribution in [-0.4, -0.2) is 25.8 Å². The van der Waals surface area contributed by atoms with Crippen LogP contribution in [0.3, 0.4) is 0 Å². The molecule has 2 aliphatic rings. The fraction of sp³-hybridized carbons (Fsp3) is 0.684. The van der Waals surface area contributed by atoms with E-state index in [0.29, 0.717) is 17.4 Å². The van der Waals surface area contributed by atoms with Crippen LogP contribution in [0.1, 0.15) is 56.1 Å². The second-order valence-corrected chi connectivity index (χ2v) is 7.02. The Labute approximate surface area is 129 Å². The van der Waals surface area contributed by atoms with Gasteiger partial charge in [-0.25, -0.2) is 0 Å². The van der Waals surface area contributed by atoms with Gasteiger partial charge in [-0.3, -0.25) is 0 Å². The van der Waals surface area contributed by atoms with Gasteiger partial charge in [-0.2, -0.15) is 0 Å². The van der Waals surface area contributed by atoms with Crippen LogP contribution in [-0.2, 0) is 4.74 Å². The molecular formula is C19H29NO. The van der Waals surface area contributed by atoms with E-state index in [1.165, 1.54) is 49.8 Å². The summed E-state index contributed by atoms with van der Waals surface area (Å²) in [7, 11) is 0. The topological polar surface area (TPSA) is 21.3 Å². The zero-order valence-electron chi connectivity index (χ0n) is 13.5. The highest BCUT2D eigenvalue weighted by molar-refractivity contribution is 5.27. The van der Waals surface area contributed by atoms with Gasteiger partial charge in [0.05, 0.1) is 6.10 Å². The lowest BCUT2D eigenvalue weighted by Gasteiger charge is -2.49.